The van der Waals surface area contributed by atoms with Gasteiger partial charge < -0.3 is 4.52 Å². The van der Waals surface area contributed by atoms with Crippen molar-refractivity contribution in [3.8, 4) is 11.4 Å². The third-order valence-corrected chi connectivity index (χ3v) is 3.96. The van der Waals surface area contributed by atoms with E-state index in [-0.39, 0.29) is 11.7 Å². The van der Waals surface area contributed by atoms with Gasteiger partial charge in [0.25, 0.3) is 0 Å². The van der Waals surface area contributed by atoms with Crippen molar-refractivity contribution in [3.63, 3.8) is 0 Å². The van der Waals surface area contributed by atoms with Crippen molar-refractivity contribution in [3.05, 3.63) is 30.2 Å². The van der Waals surface area contributed by atoms with Gasteiger partial charge in [-0.15, -0.1) is 11.8 Å². The zero-order chi connectivity index (χ0) is 14.5. The fraction of sp³-hybridized carbons (Fsp3) is 0.400. The molecule has 2 aromatic rings. The van der Waals surface area contributed by atoms with Gasteiger partial charge in [-0.1, -0.05) is 19.0 Å². The minimum Gasteiger partial charge on any atom is -0.338 e. The molecule has 0 bridgehead atoms. The average Bonchev–Trinajstić information content (AvgIpc) is 2.96. The van der Waals surface area contributed by atoms with Crippen LogP contribution >= 0.6 is 11.8 Å². The van der Waals surface area contributed by atoms with Crippen LogP contribution in [0, 0.1) is 0 Å². The van der Waals surface area contributed by atoms with Crippen LogP contribution in [0.3, 0.4) is 0 Å². The summed E-state index contributed by atoms with van der Waals surface area (Å²) in [6.07, 6.45) is 0.474. The van der Waals surface area contributed by atoms with Gasteiger partial charge in [-0.2, -0.15) is 4.98 Å². The summed E-state index contributed by atoms with van der Waals surface area (Å²) in [5.41, 5.74) is 0.900. The van der Waals surface area contributed by atoms with Crippen molar-refractivity contribution < 1.29 is 9.32 Å². The topological polar surface area (TPSA) is 56.0 Å². The molecule has 1 aromatic heterocycles. The van der Waals surface area contributed by atoms with Crippen LogP contribution in [0.4, 0.5) is 0 Å². The Morgan fingerprint density at radius 1 is 1.30 bits per heavy atom. The molecular weight excluding hydrogens is 272 g/mol. The molecule has 0 saturated carbocycles. The van der Waals surface area contributed by atoms with Crippen LogP contribution in [-0.4, -0.2) is 21.7 Å². The Bertz CT molecular complexity index is 578. The number of aromatic nitrogens is 2. The van der Waals surface area contributed by atoms with E-state index < -0.39 is 0 Å². The summed E-state index contributed by atoms with van der Waals surface area (Å²) >= 11 is 1.79. The molecule has 20 heavy (non-hydrogen) atoms. The molecule has 1 unspecified atom stereocenters. The Morgan fingerprint density at radius 3 is 2.60 bits per heavy atom. The van der Waals surface area contributed by atoms with E-state index in [9.17, 15) is 4.79 Å². The highest BCUT2D eigenvalue weighted by atomic mass is 32.2. The Kier molecular flexibility index (Phi) is 4.95. The predicted octanol–water partition coefficient (Wildman–Crippen LogP) is 3.93. The normalized spacial score (nSPS) is 12.3. The highest BCUT2D eigenvalue weighted by molar-refractivity contribution is 7.99. The molecule has 0 aliphatic rings. The van der Waals surface area contributed by atoms with Crippen LogP contribution < -0.4 is 0 Å². The summed E-state index contributed by atoms with van der Waals surface area (Å²) in [6.45, 7) is 5.75. The van der Waals surface area contributed by atoms with E-state index in [0.29, 0.717) is 18.1 Å². The maximum Gasteiger partial charge on any atom is 0.237 e. The van der Waals surface area contributed by atoms with E-state index in [1.54, 1.807) is 18.7 Å². The molecule has 106 valence electrons. The van der Waals surface area contributed by atoms with E-state index in [1.165, 1.54) is 4.90 Å². The highest BCUT2D eigenvalue weighted by Crippen LogP contribution is 2.24. The lowest BCUT2D eigenvalue weighted by molar-refractivity contribution is -0.120. The first-order valence-electron chi connectivity index (χ1n) is 6.75. The van der Waals surface area contributed by atoms with Crippen LogP contribution in [0.1, 0.15) is 39.0 Å². The molecule has 0 aliphatic heterocycles. The molecule has 0 spiro atoms. The average molecular weight is 290 g/mol. The van der Waals surface area contributed by atoms with E-state index in [0.717, 1.165) is 11.3 Å². The number of benzene rings is 1. The van der Waals surface area contributed by atoms with Crippen LogP contribution in [0.5, 0.6) is 0 Å². The molecule has 0 radical (unpaired) electrons. The lowest BCUT2D eigenvalue weighted by Crippen LogP contribution is -2.07. The quantitative estimate of drug-likeness (QED) is 0.754. The Balaban J connectivity index is 2.17. The van der Waals surface area contributed by atoms with Gasteiger partial charge in [0.2, 0.25) is 11.7 Å². The maximum atomic E-state index is 11.6. The number of thioether (sulfide) groups is 1. The Hall–Kier alpha value is -1.62. The van der Waals surface area contributed by atoms with Crippen molar-refractivity contribution in [2.75, 3.05) is 5.75 Å². The number of ketones is 1. The number of carbonyl (C=O) groups is 1. The minimum absolute atomic E-state index is 0.106. The first-order chi connectivity index (χ1) is 9.65. The van der Waals surface area contributed by atoms with Gasteiger partial charge in [-0.3, -0.25) is 4.79 Å². The van der Waals surface area contributed by atoms with Gasteiger partial charge in [0.15, 0.2) is 0 Å². The molecular formula is C15H18N2O2S. The fourth-order valence-electron chi connectivity index (χ4n) is 1.84. The van der Waals surface area contributed by atoms with E-state index >= 15 is 0 Å². The molecule has 0 fully saturated rings. The first-order valence-corrected chi connectivity index (χ1v) is 7.73. The summed E-state index contributed by atoms with van der Waals surface area (Å²) in [5.74, 6) is 1.73. The Labute approximate surface area is 123 Å². The summed E-state index contributed by atoms with van der Waals surface area (Å²) < 4.78 is 5.19. The minimum atomic E-state index is -0.337. The molecule has 2 rings (SSSR count). The van der Waals surface area contributed by atoms with Crippen LogP contribution in [0.2, 0.25) is 0 Å². The zero-order valence-electron chi connectivity index (χ0n) is 11.9. The number of hydrogen-bond donors (Lipinski definition) is 0. The van der Waals surface area contributed by atoms with Crippen molar-refractivity contribution in [2.45, 2.75) is 38.0 Å². The SMILES string of the molecule is CCSc1ccc(-c2noc(C(C)C(=O)CC)n2)cc1. The number of carbonyl (C=O) groups excluding carboxylic acids is 1. The third-order valence-electron chi connectivity index (χ3n) is 3.07. The van der Waals surface area contributed by atoms with Gasteiger partial charge in [-0.05, 0) is 36.9 Å². The lowest BCUT2D eigenvalue weighted by atomic mass is 10.1. The summed E-state index contributed by atoms with van der Waals surface area (Å²) in [6, 6.07) is 8.03. The van der Waals surface area contributed by atoms with Gasteiger partial charge in [-0.25, -0.2) is 0 Å². The van der Waals surface area contributed by atoms with Gasteiger partial charge in [0.1, 0.15) is 5.78 Å². The van der Waals surface area contributed by atoms with Gasteiger partial charge in [0.05, 0.1) is 5.92 Å². The molecule has 0 aliphatic carbocycles. The van der Waals surface area contributed by atoms with Gasteiger partial charge >= 0.3 is 0 Å². The molecule has 0 saturated heterocycles. The largest absolute Gasteiger partial charge is 0.338 e. The van der Waals surface area contributed by atoms with Crippen molar-refractivity contribution >= 4 is 17.5 Å². The number of Topliss-reactive ketones (excluding diaryl/α,β-unsaturated/α-hetero) is 1. The molecule has 1 heterocycles. The van der Waals surface area contributed by atoms with Crippen molar-refractivity contribution in [1.29, 1.82) is 0 Å². The molecule has 0 N–H and O–H groups in total. The second-order valence-corrected chi connectivity index (χ2v) is 5.79. The fourth-order valence-corrected chi connectivity index (χ4v) is 2.50. The first kappa shape index (κ1) is 14.8. The van der Waals surface area contributed by atoms with E-state index in [2.05, 4.69) is 17.1 Å². The predicted molar refractivity (Wildman–Crippen MR) is 79.8 cm³/mol. The lowest BCUT2D eigenvalue weighted by Gasteiger charge is -2.01. The number of hydrogen-bond acceptors (Lipinski definition) is 5. The molecule has 1 atom stereocenters. The van der Waals surface area contributed by atoms with Crippen molar-refractivity contribution in [1.82, 2.24) is 10.1 Å². The second kappa shape index (κ2) is 6.70. The molecule has 0 amide bonds. The van der Waals surface area contributed by atoms with Crippen molar-refractivity contribution in [2.24, 2.45) is 0 Å². The monoisotopic (exact) mass is 290 g/mol. The van der Waals surface area contributed by atoms with Crippen LogP contribution in [0.25, 0.3) is 11.4 Å². The Morgan fingerprint density at radius 2 is 2.00 bits per heavy atom. The number of nitrogens with zero attached hydrogens (tertiary/aromatic N) is 2. The standard InChI is InChI=1S/C15H18N2O2S/c1-4-13(18)10(3)15-16-14(17-19-15)11-6-8-12(9-7-11)20-5-2/h6-10H,4-5H2,1-3H3. The summed E-state index contributed by atoms with van der Waals surface area (Å²) in [4.78, 5) is 17.2. The van der Waals surface area contributed by atoms with E-state index in [1.807, 2.05) is 31.2 Å². The van der Waals surface area contributed by atoms with Gasteiger partial charge in [0, 0.05) is 16.9 Å². The molecule has 5 heteroatoms. The highest BCUT2D eigenvalue weighted by Gasteiger charge is 2.20. The number of rotatable bonds is 6. The zero-order valence-corrected chi connectivity index (χ0v) is 12.7. The third kappa shape index (κ3) is 3.28. The van der Waals surface area contributed by atoms with E-state index in [4.69, 9.17) is 4.52 Å². The second-order valence-electron chi connectivity index (χ2n) is 4.46. The summed E-state index contributed by atoms with van der Waals surface area (Å²) in [5, 5.41) is 3.95. The molecule has 1 aromatic carbocycles. The van der Waals surface area contributed by atoms with Crippen LogP contribution in [-0.2, 0) is 4.79 Å². The maximum absolute atomic E-state index is 11.6. The van der Waals surface area contributed by atoms with Crippen LogP contribution in [0.15, 0.2) is 33.7 Å². The molecule has 4 nitrogen and oxygen atoms in total. The smallest absolute Gasteiger partial charge is 0.237 e. The summed E-state index contributed by atoms with van der Waals surface area (Å²) in [7, 11) is 0.